The molecule has 0 spiro atoms. The van der Waals surface area contributed by atoms with Crippen LogP contribution in [0.2, 0.25) is 0 Å². The van der Waals surface area contributed by atoms with Crippen molar-refractivity contribution in [2.24, 2.45) is 0 Å². The lowest BCUT2D eigenvalue weighted by molar-refractivity contribution is -0.138. The number of amides is 1. The minimum absolute atomic E-state index is 0.00913. The van der Waals surface area contributed by atoms with Gasteiger partial charge in [0.15, 0.2) is 5.65 Å². The van der Waals surface area contributed by atoms with Crippen molar-refractivity contribution in [3.8, 4) is 11.3 Å². The van der Waals surface area contributed by atoms with Gasteiger partial charge in [-0.1, -0.05) is 12.1 Å². The van der Waals surface area contributed by atoms with E-state index in [9.17, 15) is 35.2 Å². The van der Waals surface area contributed by atoms with Crippen molar-refractivity contribution in [2.45, 2.75) is 37.3 Å². The van der Waals surface area contributed by atoms with Gasteiger partial charge >= 0.3 is 6.18 Å². The molecule has 1 fully saturated rings. The van der Waals surface area contributed by atoms with Crippen LogP contribution in [0.15, 0.2) is 59.6 Å². The molecule has 4 aromatic rings. The van der Waals surface area contributed by atoms with Gasteiger partial charge in [0.2, 0.25) is 10.0 Å². The maximum absolute atomic E-state index is 13.9. The highest BCUT2D eigenvalue weighted by atomic mass is 32.2. The predicted molar refractivity (Wildman–Crippen MR) is 136 cm³/mol. The summed E-state index contributed by atoms with van der Waals surface area (Å²) in [5, 5.41) is 6.43. The molecule has 0 unspecified atom stereocenters. The minimum Gasteiger partial charge on any atom is -0.322 e. The van der Waals surface area contributed by atoms with Gasteiger partial charge in [0.05, 0.1) is 22.3 Å². The van der Waals surface area contributed by atoms with E-state index in [0.29, 0.717) is 13.1 Å². The molecule has 40 heavy (non-hydrogen) atoms. The third-order valence-electron chi connectivity index (χ3n) is 6.59. The van der Waals surface area contributed by atoms with Gasteiger partial charge in [-0.15, -0.1) is 0 Å². The third-order valence-corrected chi connectivity index (χ3v) is 8.48. The Kier molecular flexibility index (Phi) is 7.08. The standard InChI is InChI=1S/C26H22F5N5O3S/c1-15-11-16(7-8-20(15)26(29,30)31)21-13-22(23(27)28)36-24(34-21)19(14-32-36)25(37)33-17-5-4-6-18(12-17)40(38,39)35-9-2-3-10-35/h4-8,11-14,23H,2-3,9-10H2,1H3,(H,33,37). The number of halogens is 5. The predicted octanol–water partition coefficient (Wildman–Crippen LogP) is 5.70. The lowest BCUT2D eigenvalue weighted by Crippen LogP contribution is -2.27. The zero-order chi connectivity index (χ0) is 28.8. The van der Waals surface area contributed by atoms with E-state index in [2.05, 4.69) is 15.4 Å². The quantitative estimate of drug-likeness (QED) is 0.296. The van der Waals surface area contributed by atoms with Crippen molar-refractivity contribution in [1.82, 2.24) is 18.9 Å². The molecule has 0 saturated carbocycles. The Balaban J connectivity index is 1.51. The van der Waals surface area contributed by atoms with Crippen LogP contribution < -0.4 is 5.32 Å². The van der Waals surface area contributed by atoms with Gasteiger partial charge in [-0.2, -0.15) is 22.6 Å². The summed E-state index contributed by atoms with van der Waals surface area (Å²) in [6.45, 7) is 2.05. The molecule has 14 heteroatoms. The number of rotatable bonds is 6. The van der Waals surface area contributed by atoms with E-state index >= 15 is 0 Å². The van der Waals surface area contributed by atoms with Crippen LogP contribution in [-0.2, 0) is 16.2 Å². The van der Waals surface area contributed by atoms with Crippen LogP contribution in [0.4, 0.5) is 27.6 Å². The molecule has 0 radical (unpaired) electrons. The van der Waals surface area contributed by atoms with E-state index in [4.69, 9.17) is 0 Å². The monoisotopic (exact) mass is 579 g/mol. The Morgan fingerprint density at radius 2 is 1.77 bits per heavy atom. The summed E-state index contributed by atoms with van der Waals surface area (Å²) in [5.41, 5.74) is -1.84. The summed E-state index contributed by atoms with van der Waals surface area (Å²) in [6, 6.07) is 9.78. The molecule has 0 bridgehead atoms. The molecular weight excluding hydrogens is 557 g/mol. The van der Waals surface area contributed by atoms with Gasteiger partial charge < -0.3 is 5.32 Å². The highest BCUT2D eigenvalue weighted by Crippen LogP contribution is 2.35. The lowest BCUT2D eigenvalue weighted by atomic mass is 10.0. The number of carbonyl (C=O) groups is 1. The normalized spacial score (nSPS) is 14.8. The number of aromatic nitrogens is 3. The van der Waals surface area contributed by atoms with Crippen molar-refractivity contribution in [1.29, 1.82) is 0 Å². The van der Waals surface area contributed by atoms with Crippen molar-refractivity contribution in [3.05, 3.63) is 77.1 Å². The second-order valence-corrected chi connectivity index (χ2v) is 11.2. The molecule has 1 aliphatic heterocycles. The summed E-state index contributed by atoms with van der Waals surface area (Å²) in [4.78, 5) is 17.4. The van der Waals surface area contributed by atoms with Crippen LogP contribution in [0.1, 0.15) is 46.4 Å². The highest BCUT2D eigenvalue weighted by Gasteiger charge is 2.32. The Bertz CT molecular complexity index is 1710. The smallest absolute Gasteiger partial charge is 0.322 e. The SMILES string of the molecule is Cc1cc(-c2cc(C(F)F)n3ncc(C(=O)Nc4cccc(S(=O)(=O)N5CCCC5)c4)c3n2)ccc1C(F)(F)F. The fourth-order valence-electron chi connectivity index (χ4n) is 4.60. The first-order valence-corrected chi connectivity index (χ1v) is 13.6. The fraction of sp³-hybridized carbons (Fsp3) is 0.269. The van der Waals surface area contributed by atoms with Gasteiger partial charge in [0.1, 0.15) is 11.3 Å². The van der Waals surface area contributed by atoms with E-state index < -0.39 is 39.8 Å². The number of nitrogens with one attached hydrogen (secondary N) is 1. The molecule has 8 nitrogen and oxygen atoms in total. The molecule has 1 saturated heterocycles. The van der Waals surface area contributed by atoms with Crippen LogP contribution in [0, 0.1) is 6.92 Å². The van der Waals surface area contributed by atoms with E-state index in [1.165, 1.54) is 41.6 Å². The Labute approximate surface area is 225 Å². The topological polar surface area (TPSA) is 96.7 Å². The van der Waals surface area contributed by atoms with Crippen LogP contribution in [-0.4, -0.2) is 46.3 Å². The Morgan fingerprint density at radius 3 is 2.42 bits per heavy atom. The van der Waals surface area contributed by atoms with Gasteiger partial charge in [-0.05, 0) is 61.7 Å². The van der Waals surface area contributed by atoms with Crippen molar-refractivity contribution in [2.75, 3.05) is 18.4 Å². The molecule has 5 rings (SSSR count). The lowest BCUT2D eigenvalue weighted by Gasteiger charge is -2.16. The van der Waals surface area contributed by atoms with Crippen LogP contribution in [0.3, 0.4) is 0 Å². The minimum atomic E-state index is -4.59. The number of nitrogens with zero attached hydrogens (tertiary/aromatic N) is 4. The summed E-state index contributed by atoms with van der Waals surface area (Å²) in [7, 11) is -3.75. The van der Waals surface area contributed by atoms with Gasteiger partial charge in [0.25, 0.3) is 12.3 Å². The van der Waals surface area contributed by atoms with E-state index in [0.717, 1.165) is 41.8 Å². The van der Waals surface area contributed by atoms with Crippen molar-refractivity contribution < 1.29 is 35.2 Å². The molecule has 1 aliphatic rings. The Hall–Kier alpha value is -3.91. The molecule has 0 aliphatic carbocycles. The molecule has 1 N–H and O–H groups in total. The molecule has 210 valence electrons. The largest absolute Gasteiger partial charge is 0.416 e. The molecule has 0 atom stereocenters. The number of anilines is 1. The summed E-state index contributed by atoms with van der Waals surface area (Å²) in [5.74, 6) is -0.792. The van der Waals surface area contributed by atoms with Gasteiger partial charge in [-0.3, -0.25) is 4.79 Å². The van der Waals surface area contributed by atoms with E-state index in [1.54, 1.807) is 0 Å². The third kappa shape index (κ3) is 5.16. The number of alkyl halides is 5. The number of aryl methyl sites for hydroxylation is 1. The second-order valence-electron chi connectivity index (χ2n) is 9.28. The number of hydrogen-bond donors (Lipinski definition) is 1. The number of sulfonamides is 1. The zero-order valence-electron chi connectivity index (χ0n) is 20.9. The van der Waals surface area contributed by atoms with Crippen LogP contribution in [0.5, 0.6) is 0 Å². The Morgan fingerprint density at radius 1 is 1.05 bits per heavy atom. The zero-order valence-corrected chi connectivity index (χ0v) is 21.7. The molecule has 1 amide bonds. The van der Waals surface area contributed by atoms with Crippen molar-refractivity contribution >= 4 is 27.3 Å². The van der Waals surface area contributed by atoms with Crippen molar-refractivity contribution in [3.63, 3.8) is 0 Å². The molecule has 3 heterocycles. The first kappa shape index (κ1) is 27.6. The fourth-order valence-corrected chi connectivity index (χ4v) is 6.16. The summed E-state index contributed by atoms with van der Waals surface area (Å²) >= 11 is 0. The van der Waals surface area contributed by atoms with E-state index in [1.807, 2.05) is 0 Å². The van der Waals surface area contributed by atoms with Gasteiger partial charge in [-0.25, -0.2) is 26.7 Å². The second kappa shape index (κ2) is 10.2. The molecular formula is C26H22F5N5O3S. The average molecular weight is 580 g/mol. The number of hydrogen-bond acceptors (Lipinski definition) is 5. The number of fused-ring (bicyclic) bond motifs is 1. The summed E-state index contributed by atoms with van der Waals surface area (Å²) < 4.78 is 95.4. The van der Waals surface area contributed by atoms with Crippen LogP contribution in [0.25, 0.3) is 16.9 Å². The average Bonchev–Trinajstić information content (AvgIpc) is 3.58. The summed E-state index contributed by atoms with van der Waals surface area (Å²) in [6.07, 6.45) is -5.08. The molecule has 2 aromatic carbocycles. The number of carbonyl (C=O) groups excluding carboxylic acids is 1. The highest BCUT2D eigenvalue weighted by molar-refractivity contribution is 7.89. The van der Waals surface area contributed by atoms with Gasteiger partial charge in [0, 0.05) is 24.3 Å². The molecule has 2 aromatic heterocycles. The maximum atomic E-state index is 13.9. The van der Waals surface area contributed by atoms with Crippen LogP contribution >= 0.6 is 0 Å². The maximum Gasteiger partial charge on any atom is 0.416 e. The van der Waals surface area contributed by atoms with E-state index in [-0.39, 0.29) is 38.6 Å². The first-order chi connectivity index (χ1) is 18.9. The first-order valence-electron chi connectivity index (χ1n) is 12.1. The number of benzene rings is 2.